The lowest BCUT2D eigenvalue weighted by Gasteiger charge is -2.33. The van der Waals surface area contributed by atoms with Crippen LogP contribution < -0.4 is 5.73 Å². The summed E-state index contributed by atoms with van der Waals surface area (Å²) in [6, 6.07) is -0.0349. The van der Waals surface area contributed by atoms with Crippen molar-refractivity contribution in [3.8, 4) is 0 Å². The summed E-state index contributed by atoms with van der Waals surface area (Å²) in [6.07, 6.45) is 2.05. The molecule has 0 aromatic rings. The molecule has 0 aromatic heterocycles. The van der Waals surface area contributed by atoms with Crippen LogP contribution in [0.4, 0.5) is 0 Å². The van der Waals surface area contributed by atoms with Gasteiger partial charge in [-0.3, -0.25) is 4.79 Å². The zero-order valence-corrected chi connectivity index (χ0v) is 11.6. The maximum absolute atomic E-state index is 12.4. The third-order valence-corrected chi connectivity index (χ3v) is 3.66. The highest BCUT2D eigenvalue weighted by molar-refractivity contribution is 5.82. The van der Waals surface area contributed by atoms with Crippen LogP contribution in [0.5, 0.6) is 0 Å². The summed E-state index contributed by atoms with van der Waals surface area (Å²) in [5.74, 6) is 0.336. The van der Waals surface area contributed by atoms with Gasteiger partial charge in [-0.05, 0) is 32.4 Å². The van der Waals surface area contributed by atoms with E-state index >= 15 is 0 Å². The molecule has 1 rings (SSSR count). The molecule has 0 saturated carbocycles. The Bertz CT molecular complexity index is 255. The van der Waals surface area contributed by atoms with E-state index in [4.69, 9.17) is 5.73 Å². The molecule has 1 heterocycles. The number of nitrogens with two attached hydrogens (primary N) is 1. The highest BCUT2D eigenvalue weighted by Crippen LogP contribution is 2.15. The monoisotopic (exact) mass is 241 g/mol. The average molecular weight is 241 g/mol. The topological polar surface area (TPSA) is 49.6 Å². The van der Waals surface area contributed by atoms with E-state index in [9.17, 15) is 4.79 Å². The lowest BCUT2D eigenvalue weighted by molar-refractivity contribution is -0.135. The van der Waals surface area contributed by atoms with Crippen LogP contribution >= 0.6 is 0 Å². The molecule has 0 radical (unpaired) electrons. The second kappa shape index (κ2) is 6.36. The van der Waals surface area contributed by atoms with E-state index in [1.165, 1.54) is 0 Å². The second-order valence-corrected chi connectivity index (χ2v) is 5.48. The summed E-state index contributed by atoms with van der Waals surface area (Å²) < 4.78 is 0. The molecular weight excluding hydrogens is 214 g/mol. The minimum atomic E-state index is -0.354. The fourth-order valence-electron chi connectivity index (χ4n) is 2.36. The highest BCUT2D eigenvalue weighted by atomic mass is 16.2. The van der Waals surface area contributed by atoms with Gasteiger partial charge < -0.3 is 15.5 Å². The lowest BCUT2D eigenvalue weighted by Crippen LogP contribution is -2.52. The SMILES string of the molecule is CCC1CN(C)CCCN1C(=O)[C@@H](N)C(C)C. The number of hydrogen-bond donors (Lipinski definition) is 1. The number of rotatable bonds is 3. The van der Waals surface area contributed by atoms with Gasteiger partial charge in [0.25, 0.3) is 0 Å². The predicted molar refractivity (Wildman–Crippen MR) is 70.7 cm³/mol. The molecule has 1 fully saturated rings. The van der Waals surface area contributed by atoms with Crippen LogP contribution in [0.25, 0.3) is 0 Å². The van der Waals surface area contributed by atoms with Gasteiger partial charge in [-0.1, -0.05) is 20.8 Å². The number of likely N-dealkylation sites (N-methyl/N-ethyl adjacent to an activating group) is 1. The second-order valence-electron chi connectivity index (χ2n) is 5.48. The van der Waals surface area contributed by atoms with E-state index in [2.05, 4.69) is 18.9 Å². The fourth-order valence-corrected chi connectivity index (χ4v) is 2.36. The molecule has 17 heavy (non-hydrogen) atoms. The number of amides is 1. The molecule has 1 aliphatic heterocycles. The number of nitrogens with zero attached hydrogens (tertiary/aromatic N) is 2. The molecule has 0 spiro atoms. The average Bonchev–Trinajstić information content (AvgIpc) is 2.48. The molecule has 2 N–H and O–H groups in total. The Kier molecular flexibility index (Phi) is 5.40. The molecule has 1 amide bonds. The Labute approximate surface area is 105 Å². The molecule has 1 unspecified atom stereocenters. The zero-order valence-electron chi connectivity index (χ0n) is 11.6. The minimum absolute atomic E-state index is 0.127. The normalized spacial score (nSPS) is 24.8. The lowest BCUT2D eigenvalue weighted by atomic mass is 10.0. The van der Waals surface area contributed by atoms with Gasteiger partial charge >= 0.3 is 0 Å². The maximum Gasteiger partial charge on any atom is 0.240 e. The largest absolute Gasteiger partial charge is 0.337 e. The van der Waals surface area contributed by atoms with Crippen LogP contribution in [0.15, 0.2) is 0 Å². The summed E-state index contributed by atoms with van der Waals surface area (Å²) >= 11 is 0. The van der Waals surface area contributed by atoms with E-state index in [0.29, 0.717) is 6.04 Å². The standard InChI is InChI=1S/C13H27N3O/c1-5-11-9-15(4)7-6-8-16(11)13(17)12(14)10(2)3/h10-12H,5-9,14H2,1-4H3/t11?,12-/m0/s1. The number of hydrogen-bond acceptors (Lipinski definition) is 3. The fraction of sp³-hybridized carbons (Fsp3) is 0.923. The van der Waals surface area contributed by atoms with Gasteiger partial charge in [0.05, 0.1) is 6.04 Å². The van der Waals surface area contributed by atoms with Crippen molar-refractivity contribution in [1.29, 1.82) is 0 Å². The van der Waals surface area contributed by atoms with Crippen LogP contribution in [0.3, 0.4) is 0 Å². The van der Waals surface area contributed by atoms with E-state index in [1.807, 2.05) is 18.7 Å². The predicted octanol–water partition coefficient (Wildman–Crippen LogP) is 0.912. The molecule has 4 heteroatoms. The first-order valence-electron chi connectivity index (χ1n) is 6.72. The zero-order chi connectivity index (χ0) is 13.0. The number of carbonyl (C=O) groups is 1. The van der Waals surface area contributed by atoms with Crippen molar-refractivity contribution in [2.45, 2.75) is 45.7 Å². The molecule has 1 aliphatic rings. The molecule has 2 atom stereocenters. The Balaban J connectivity index is 2.74. The van der Waals surface area contributed by atoms with Gasteiger partial charge in [0.15, 0.2) is 0 Å². The van der Waals surface area contributed by atoms with Crippen molar-refractivity contribution < 1.29 is 4.79 Å². The summed E-state index contributed by atoms with van der Waals surface area (Å²) in [6.45, 7) is 9.04. The number of carbonyl (C=O) groups excluding carboxylic acids is 1. The first-order chi connectivity index (χ1) is 7.97. The van der Waals surface area contributed by atoms with Gasteiger partial charge in [0.2, 0.25) is 5.91 Å². The smallest absolute Gasteiger partial charge is 0.240 e. The van der Waals surface area contributed by atoms with Crippen molar-refractivity contribution in [1.82, 2.24) is 9.80 Å². The Hall–Kier alpha value is -0.610. The molecule has 100 valence electrons. The third-order valence-electron chi connectivity index (χ3n) is 3.66. The highest BCUT2D eigenvalue weighted by Gasteiger charge is 2.30. The Morgan fingerprint density at radius 3 is 2.59 bits per heavy atom. The van der Waals surface area contributed by atoms with Crippen molar-refractivity contribution in [2.75, 3.05) is 26.7 Å². The maximum atomic E-state index is 12.4. The molecular formula is C13H27N3O. The van der Waals surface area contributed by atoms with Gasteiger partial charge in [-0.15, -0.1) is 0 Å². The van der Waals surface area contributed by atoms with Crippen LogP contribution in [0, 0.1) is 5.92 Å². The van der Waals surface area contributed by atoms with E-state index in [0.717, 1.165) is 32.5 Å². The minimum Gasteiger partial charge on any atom is -0.337 e. The van der Waals surface area contributed by atoms with Gasteiger partial charge in [-0.25, -0.2) is 0 Å². The van der Waals surface area contributed by atoms with Crippen LogP contribution in [-0.2, 0) is 4.79 Å². The molecule has 4 nitrogen and oxygen atoms in total. The van der Waals surface area contributed by atoms with Crippen LogP contribution in [0.1, 0.15) is 33.6 Å². The molecule has 0 bridgehead atoms. The van der Waals surface area contributed by atoms with Crippen LogP contribution in [0.2, 0.25) is 0 Å². The Morgan fingerprint density at radius 1 is 1.41 bits per heavy atom. The Morgan fingerprint density at radius 2 is 2.06 bits per heavy atom. The first-order valence-corrected chi connectivity index (χ1v) is 6.72. The van der Waals surface area contributed by atoms with Gasteiger partial charge in [-0.2, -0.15) is 0 Å². The summed E-state index contributed by atoms with van der Waals surface area (Å²) in [5.41, 5.74) is 5.99. The van der Waals surface area contributed by atoms with Gasteiger partial charge in [0.1, 0.15) is 0 Å². The van der Waals surface area contributed by atoms with Crippen molar-refractivity contribution in [3.05, 3.63) is 0 Å². The summed E-state index contributed by atoms with van der Waals surface area (Å²) in [7, 11) is 2.12. The van der Waals surface area contributed by atoms with Gasteiger partial charge in [0, 0.05) is 19.1 Å². The molecule has 0 aromatic carbocycles. The van der Waals surface area contributed by atoms with Crippen molar-refractivity contribution in [3.63, 3.8) is 0 Å². The first kappa shape index (κ1) is 14.5. The quantitative estimate of drug-likeness (QED) is 0.799. The molecule has 0 aliphatic carbocycles. The van der Waals surface area contributed by atoms with E-state index in [1.54, 1.807) is 0 Å². The van der Waals surface area contributed by atoms with E-state index < -0.39 is 0 Å². The van der Waals surface area contributed by atoms with Crippen LogP contribution in [-0.4, -0.2) is 54.5 Å². The van der Waals surface area contributed by atoms with Crippen molar-refractivity contribution >= 4 is 5.91 Å². The summed E-state index contributed by atoms with van der Waals surface area (Å²) in [5, 5.41) is 0. The third kappa shape index (κ3) is 3.68. The van der Waals surface area contributed by atoms with Crippen molar-refractivity contribution in [2.24, 2.45) is 11.7 Å². The molecule has 1 saturated heterocycles. The van der Waals surface area contributed by atoms with E-state index in [-0.39, 0.29) is 17.9 Å². The summed E-state index contributed by atoms with van der Waals surface area (Å²) in [4.78, 5) is 16.7.